The van der Waals surface area contributed by atoms with Gasteiger partial charge in [0.05, 0.1) is 5.39 Å². The number of aryl methyl sites for hydroxylation is 2. The molecule has 0 N–H and O–H groups in total. The van der Waals surface area contributed by atoms with Gasteiger partial charge < -0.3 is 4.74 Å². The number of benzene rings is 1. The van der Waals surface area contributed by atoms with Gasteiger partial charge in [-0.1, -0.05) is 25.1 Å². The van der Waals surface area contributed by atoms with Gasteiger partial charge >= 0.3 is 0 Å². The number of ether oxygens (including phenoxy) is 1. The highest BCUT2D eigenvalue weighted by molar-refractivity contribution is 7.18. The molecule has 20 heavy (non-hydrogen) atoms. The molecule has 0 aliphatic carbocycles. The molecule has 0 aliphatic rings. The Morgan fingerprint density at radius 3 is 2.80 bits per heavy atom. The molecule has 0 saturated heterocycles. The minimum Gasteiger partial charge on any atom is -0.438 e. The first-order valence-electron chi connectivity index (χ1n) is 6.37. The average Bonchev–Trinajstić information content (AvgIpc) is 2.84. The third-order valence-electron chi connectivity index (χ3n) is 3.03. The Bertz CT molecular complexity index is 770. The van der Waals surface area contributed by atoms with E-state index in [9.17, 15) is 0 Å². The first kappa shape index (κ1) is 13.3. The first-order valence-corrected chi connectivity index (χ1v) is 7.56. The number of thiophene rings is 1. The lowest BCUT2D eigenvalue weighted by atomic mass is 10.2. The molecule has 0 amide bonds. The summed E-state index contributed by atoms with van der Waals surface area (Å²) in [5.74, 6) is 1.30. The number of rotatable bonds is 3. The molecule has 3 nitrogen and oxygen atoms in total. The Balaban J connectivity index is 2.11. The fourth-order valence-corrected chi connectivity index (χ4v) is 3.12. The maximum absolute atomic E-state index is 5.99. The van der Waals surface area contributed by atoms with E-state index in [0.29, 0.717) is 5.88 Å². The summed E-state index contributed by atoms with van der Waals surface area (Å²) in [6.45, 7) is 4.11. The molecular weight excluding hydrogens is 292 g/mol. The number of fused-ring (bicyclic) bond motifs is 1. The SMILES string of the molecule is CCc1cc2c(Oc3ccccc3C)nc(Cl)nc2s1. The van der Waals surface area contributed by atoms with Crippen LogP contribution in [0.1, 0.15) is 17.4 Å². The Morgan fingerprint density at radius 1 is 1.25 bits per heavy atom. The number of hydrogen-bond donors (Lipinski definition) is 0. The van der Waals surface area contributed by atoms with E-state index in [0.717, 1.165) is 28.0 Å². The van der Waals surface area contributed by atoms with Crippen LogP contribution in [0.4, 0.5) is 0 Å². The number of aromatic nitrogens is 2. The van der Waals surface area contributed by atoms with Crippen molar-refractivity contribution in [3.63, 3.8) is 0 Å². The van der Waals surface area contributed by atoms with Crippen molar-refractivity contribution in [1.29, 1.82) is 0 Å². The molecule has 3 rings (SSSR count). The second-order valence-electron chi connectivity index (χ2n) is 4.45. The van der Waals surface area contributed by atoms with Crippen molar-refractivity contribution >= 4 is 33.2 Å². The summed E-state index contributed by atoms with van der Waals surface area (Å²) in [5, 5.41) is 1.13. The van der Waals surface area contributed by atoms with E-state index in [1.54, 1.807) is 11.3 Å². The molecule has 0 saturated carbocycles. The van der Waals surface area contributed by atoms with Crippen molar-refractivity contribution in [2.24, 2.45) is 0 Å². The molecular formula is C15H13ClN2OS. The van der Waals surface area contributed by atoms with E-state index in [1.165, 1.54) is 4.88 Å². The molecule has 2 aromatic heterocycles. The summed E-state index contributed by atoms with van der Waals surface area (Å²) in [6.07, 6.45) is 0.961. The lowest BCUT2D eigenvalue weighted by Crippen LogP contribution is -1.92. The number of hydrogen-bond acceptors (Lipinski definition) is 4. The predicted octanol–water partition coefficient (Wildman–Crippen LogP) is 5.01. The van der Waals surface area contributed by atoms with Crippen LogP contribution in [0.3, 0.4) is 0 Å². The summed E-state index contributed by atoms with van der Waals surface area (Å²) in [5.41, 5.74) is 1.06. The monoisotopic (exact) mass is 304 g/mol. The van der Waals surface area contributed by atoms with Crippen LogP contribution in [0, 0.1) is 6.92 Å². The van der Waals surface area contributed by atoms with Gasteiger partial charge in [-0.3, -0.25) is 0 Å². The second-order valence-corrected chi connectivity index (χ2v) is 5.90. The van der Waals surface area contributed by atoms with Gasteiger partial charge in [-0.2, -0.15) is 4.98 Å². The molecule has 0 bridgehead atoms. The van der Waals surface area contributed by atoms with Crippen LogP contribution in [-0.2, 0) is 6.42 Å². The summed E-state index contributed by atoms with van der Waals surface area (Å²) in [6, 6.07) is 9.91. The highest BCUT2D eigenvalue weighted by atomic mass is 35.5. The molecule has 3 aromatic rings. The van der Waals surface area contributed by atoms with Gasteiger partial charge in [-0.25, -0.2) is 4.98 Å². The molecule has 5 heteroatoms. The Hall–Kier alpha value is -1.65. The normalized spacial score (nSPS) is 10.9. The van der Waals surface area contributed by atoms with Crippen LogP contribution in [0.2, 0.25) is 5.28 Å². The van der Waals surface area contributed by atoms with E-state index < -0.39 is 0 Å². The van der Waals surface area contributed by atoms with Gasteiger partial charge in [-0.15, -0.1) is 11.3 Å². The number of para-hydroxylation sites is 1. The summed E-state index contributed by atoms with van der Waals surface area (Å²) in [4.78, 5) is 10.6. The summed E-state index contributed by atoms with van der Waals surface area (Å²) < 4.78 is 5.93. The Labute approximate surface area is 126 Å². The molecule has 0 fully saturated rings. The van der Waals surface area contributed by atoms with Crippen LogP contribution in [-0.4, -0.2) is 9.97 Å². The molecule has 0 unspecified atom stereocenters. The first-order chi connectivity index (χ1) is 9.67. The molecule has 2 heterocycles. The maximum atomic E-state index is 5.99. The zero-order valence-corrected chi connectivity index (χ0v) is 12.8. The van der Waals surface area contributed by atoms with E-state index >= 15 is 0 Å². The van der Waals surface area contributed by atoms with Gasteiger partial charge in [-0.05, 0) is 42.6 Å². The van der Waals surface area contributed by atoms with Crippen molar-refractivity contribution in [2.75, 3.05) is 0 Å². The minimum absolute atomic E-state index is 0.214. The van der Waals surface area contributed by atoms with Gasteiger partial charge in [0, 0.05) is 4.88 Å². The van der Waals surface area contributed by atoms with Crippen LogP contribution in [0.15, 0.2) is 30.3 Å². The lowest BCUT2D eigenvalue weighted by molar-refractivity contribution is 0.465. The van der Waals surface area contributed by atoms with E-state index in [-0.39, 0.29) is 5.28 Å². The highest BCUT2D eigenvalue weighted by Gasteiger charge is 2.13. The highest BCUT2D eigenvalue weighted by Crippen LogP contribution is 2.34. The van der Waals surface area contributed by atoms with Crippen LogP contribution < -0.4 is 4.74 Å². The third-order valence-corrected chi connectivity index (χ3v) is 4.37. The fourth-order valence-electron chi connectivity index (χ4n) is 1.95. The summed E-state index contributed by atoms with van der Waals surface area (Å²) in [7, 11) is 0. The smallest absolute Gasteiger partial charge is 0.232 e. The van der Waals surface area contributed by atoms with Gasteiger partial charge in [0.1, 0.15) is 10.6 Å². The van der Waals surface area contributed by atoms with Crippen molar-refractivity contribution in [1.82, 2.24) is 9.97 Å². The van der Waals surface area contributed by atoms with E-state index in [4.69, 9.17) is 16.3 Å². The maximum Gasteiger partial charge on any atom is 0.232 e. The minimum atomic E-state index is 0.214. The van der Waals surface area contributed by atoms with Gasteiger partial charge in [0.2, 0.25) is 11.2 Å². The van der Waals surface area contributed by atoms with Crippen LogP contribution in [0.5, 0.6) is 11.6 Å². The largest absolute Gasteiger partial charge is 0.438 e. The lowest BCUT2D eigenvalue weighted by Gasteiger charge is -2.08. The number of nitrogens with zero attached hydrogens (tertiary/aromatic N) is 2. The zero-order chi connectivity index (χ0) is 14.1. The van der Waals surface area contributed by atoms with E-state index in [1.807, 2.05) is 31.2 Å². The molecule has 0 atom stereocenters. The van der Waals surface area contributed by atoms with E-state index in [2.05, 4.69) is 23.0 Å². The second kappa shape index (κ2) is 5.38. The average molecular weight is 305 g/mol. The van der Waals surface area contributed by atoms with Gasteiger partial charge in [0.15, 0.2) is 0 Å². The number of halogens is 1. The van der Waals surface area contributed by atoms with Crippen molar-refractivity contribution in [3.05, 3.63) is 46.1 Å². The quantitative estimate of drug-likeness (QED) is 0.638. The van der Waals surface area contributed by atoms with Crippen LogP contribution >= 0.6 is 22.9 Å². The van der Waals surface area contributed by atoms with Crippen LogP contribution in [0.25, 0.3) is 10.2 Å². The molecule has 0 radical (unpaired) electrons. The zero-order valence-electron chi connectivity index (χ0n) is 11.2. The predicted molar refractivity (Wildman–Crippen MR) is 83.1 cm³/mol. The molecule has 0 spiro atoms. The van der Waals surface area contributed by atoms with Crippen molar-refractivity contribution < 1.29 is 4.74 Å². The third kappa shape index (κ3) is 2.49. The Kier molecular flexibility index (Phi) is 3.59. The van der Waals surface area contributed by atoms with Crippen molar-refractivity contribution in [2.45, 2.75) is 20.3 Å². The standard InChI is InChI=1S/C15H13ClN2OS/c1-3-10-8-11-13(17-15(16)18-14(11)20-10)19-12-7-5-4-6-9(12)2/h4-8H,3H2,1-2H3. The van der Waals surface area contributed by atoms with Crippen molar-refractivity contribution in [3.8, 4) is 11.6 Å². The molecule has 1 aromatic carbocycles. The topological polar surface area (TPSA) is 35.0 Å². The molecule has 0 aliphatic heterocycles. The van der Waals surface area contributed by atoms with Gasteiger partial charge in [0.25, 0.3) is 0 Å². The fraction of sp³-hybridized carbons (Fsp3) is 0.200. The Morgan fingerprint density at radius 2 is 2.05 bits per heavy atom. The molecule has 102 valence electrons. The summed E-state index contributed by atoms with van der Waals surface area (Å²) >= 11 is 7.61.